The van der Waals surface area contributed by atoms with Crippen LogP contribution in [-0.2, 0) is 32.9 Å². The zero-order chi connectivity index (χ0) is 29.1. The third-order valence-electron chi connectivity index (χ3n) is 7.58. The molecule has 41 heavy (non-hydrogen) atoms. The Morgan fingerprint density at radius 1 is 1.07 bits per heavy atom. The fraction of sp³-hybridized carbons (Fsp3) is 0.379. The molecule has 0 unspecified atom stereocenters. The Bertz CT molecular complexity index is 1510. The van der Waals surface area contributed by atoms with Crippen molar-refractivity contribution in [1.29, 1.82) is 0 Å². The Morgan fingerprint density at radius 3 is 2.49 bits per heavy atom. The van der Waals surface area contributed by atoms with Crippen LogP contribution in [0.15, 0.2) is 65.1 Å². The lowest BCUT2D eigenvalue weighted by Crippen LogP contribution is -2.59. The van der Waals surface area contributed by atoms with Gasteiger partial charge in [0.15, 0.2) is 0 Å². The van der Waals surface area contributed by atoms with Crippen LogP contribution >= 0.6 is 11.6 Å². The van der Waals surface area contributed by atoms with Crippen LogP contribution in [0.5, 0.6) is 0 Å². The lowest BCUT2D eigenvalue weighted by Gasteiger charge is -2.49. The van der Waals surface area contributed by atoms with Gasteiger partial charge in [-0.15, -0.1) is 0 Å². The molecule has 1 aliphatic carbocycles. The highest BCUT2D eigenvalue weighted by molar-refractivity contribution is 7.88. The highest BCUT2D eigenvalue weighted by atomic mass is 35.5. The van der Waals surface area contributed by atoms with Gasteiger partial charge in [0.25, 0.3) is 11.8 Å². The van der Waals surface area contributed by atoms with Crippen LogP contribution < -0.4 is 10.2 Å². The summed E-state index contributed by atoms with van der Waals surface area (Å²) in [6.07, 6.45) is 3.87. The average Bonchev–Trinajstić information content (AvgIpc) is 3.41. The molecular weight excluding hydrogens is 570 g/mol. The molecule has 2 amide bonds. The van der Waals surface area contributed by atoms with Crippen molar-refractivity contribution in [2.24, 2.45) is 0 Å². The molecule has 2 aliphatic rings. The number of aliphatic hydroxyl groups is 1. The zero-order valence-corrected chi connectivity index (χ0v) is 24.0. The lowest BCUT2D eigenvalue weighted by atomic mass is 9.76. The summed E-state index contributed by atoms with van der Waals surface area (Å²) in [6, 6.07) is 15.4. The zero-order valence-electron chi connectivity index (χ0n) is 22.5. The topological polar surface area (TPSA) is 138 Å². The first-order valence-electron chi connectivity index (χ1n) is 13.4. The second-order valence-electron chi connectivity index (χ2n) is 10.4. The molecule has 1 aromatic heterocycles. The van der Waals surface area contributed by atoms with E-state index in [4.69, 9.17) is 20.9 Å². The summed E-state index contributed by atoms with van der Waals surface area (Å²) in [6.45, 7) is -0.328. The maximum Gasteiger partial charge on any atom is 0.255 e. The van der Waals surface area contributed by atoms with Gasteiger partial charge in [-0.2, -0.15) is 0 Å². The normalized spacial score (nSPS) is 22.8. The van der Waals surface area contributed by atoms with Crippen molar-refractivity contribution in [3.8, 4) is 0 Å². The summed E-state index contributed by atoms with van der Waals surface area (Å²) >= 11 is 6.20. The monoisotopic (exact) mass is 601 g/mol. The second kappa shape index (κ2) is 12.3. The van der Waals surface area contributed by atoms with E-state index in [-0.39, 0.29) is 19.1 Å². The highest BCUT2D eigenvalue weighted by Crippen LogP contribution is 2.46. The van der Waals surface area contributed by atoms with E-state index in [1.165, 1.54) is 0 Å². The Morgan fingerprint density at radius 2 is 1.78 bits per heavy atom. The van der Waals surface area contributed by atoms with Crippen LogP contribution in [0.4, 0.5) is 0 Å². The molecule has 1 fully saturated rings. The van der Waals surface area contributed by atoms with E-state index < -0.39 is 40.0 Å². The molecule has 0 bridgehead atoms. The number of rotatable bonds is 9. The van der Waals surface area contributed by atoms with Crippen LogP contribution in [-0.4, -0.2) is 48.6 Å². The average molecular weight is 602 g/mol. The minimum Gasteiger partial charge on any atom is -0.461 e. The van der Waals surface area contributed by atoms with E-state index in [2.05, 4.69) is 10.2 Å². The Labute approximate surface area is 243 Å². The SMILES string of the molecule is CS(=O)(=O)N[C@H]1CCCC[C@@H]1N1C(=O)c2ccccc2[C@@H](C(=O)NOCc2ccc(CO)o2)[C@@H]1c1ccc(Cl)cc1. The van der Waals surface area contributed by atoms with Gasteiger partial charge in [0, 0.05) is 22.7 Å². The van der Waals surface area contributed by atoms with Crippen molar-refractivity contribution >= 4 is 33.4 Å². The summed E-state index contributed by atoms with van der Waals surface area (Å²) < 4.78 is 32.8. The molecule has 1 saturated carbocycles. The number of amides is 2. The van der Waals surface area contributed by atoms with Gasteiger partial charge < -0.3 is 14.4 Å². The number of nitrogens with zero attached hydrogens (tertiary/aromatic N) is 1. The van der Waals surface area contributed by atoms with E-state index in [1.807, 2.05) is 0 Å². The van der Waals surface area contributed by atoms with Crippen molar-refractivity contribution < 1.29 is 32.4 Å². The number of furan rings is 1. The second-order valence-corrected chi connectivity index (χ2v) is 12.6. The number of halogens is 1. The molecule has 0 saturated heterocycles. The number of carbonyl (C=O) groups is 2. The Kier molecular flexibility index (Phi) is 8.81. The lowest BCUT2D eigenvalue weighted by molar-refractivity contribution is -0.138. The van der Waals surface area contributed by atoms with Crippen molar-refractivity contribution in [1.82, 2.24) is 15.1 Å². The number of benzene rings is 2. The van der Waals surface area contributed by atoms with Crippen LogP contribution in [0, 0.1) is 0 Å². The van der Waals surface area contributed by atoms with Crippen LogP contribution in [0.25, 0.3) is 0 Å². The van der Waals surface area contributed by atoms with Crippen LogP contribution in [0.2, 0.25) is 5.02 Å². The number of hydroxylamine groups is 1. The number of sulfonamides is 1. The van der Waals surface area contributed by atoms with Gasteiger partial charge in [-0.05, 0) is 54.3 Å². The number of nitrogens with one attached hydrogen (secondary N) is 2. The van der Waals surface area contributed by atoms with E-state index in [1.54, 1.807) is 65.6 Å². The fourth-order valence-electron chi connectivity index (χ4n) is 5.90. The predicted octanol–water partition coefficient (Wildman–Crippen LogP) is 3.81. The summed E-state index contributed by atoms with van der Waals surface area (Å²) in [5.41, 5.74) is 4.13. The van der Waals surface area contributed by atoms with Crippen LogP contribution in [0.1, 0.15) is 70.6 Å². The minimum atomic E-state index is -3.56. The molecule has 0 radical (unpaired) electrons. The first-order valence-corrected chi connectivity index (χ1v) is 15.7. The van der Waals surface area contributed by atoms with E-state index in [9.17, 15) is 23.1 Å². The van der Waals surface area contributed by atoms with E-state index in [0.717, 1.165) is 19.1 Å². The summed E-state index contributed by atoms with van der Waals surface area (Å²) in [4.78, 5) is 35.3. The number of hydrogen-bond donors (Lipinski definition) is 3. The molecule has 1 aliphatic heterocycles. The minimum absolute atomic E-state index is 0.0721. The first kappa shape index (κ1) is 29.3. The number of fused-ring (bicyclic) bond motifs is 1. The van der Waals surface area contributed by atoms with Gasteiger partial charge in [0.05, 0.1) is 18.2 Å². The van der Waals surface area contributed by atoms with Crippen LogP contribution in [0.3, 0.4) is 0 Å². The molecule has 218 valence electrons. The third kappa shape index (κ3) is 6.49. The van der Waals surface area contributed by atoms with Crippen molar-refractivity contribution in [2.45, 2.75) is 62.9 Å². The van der Waals surface area contributed by atoms with E-state index in [0.29, 0.717) is 46.1 Å². The standard InChI is InChI=1S/C29H32ClN3O7S/c1-41(37,38)32-24-8-4-5-9-25(24)33-27(18-10-12-19(30)13-11-18)26(22-6-2-3-7-23(22)29(33)36)28(35)31-39-17-21-15-14-20(16-34)40-21/h2-3,6-7,10-15,24-27,32,34H,4-5,8-9,16-17H2,1H3,(H,31,35)/t24-,25-,26+,27-/m0/s1. The molecule has 10 nitrogen and oxygen atoms in total. The number of hydrogen-bond acceptors (Lipinski definition) is 7. The van der Waals surface area contributed by atoms with Gasteiger partial charge in [-0.3, -0.25) is 14.4 Å². The van der Waals surface area contributed by atoms with Crippen molar-refractivity contribution in [2.75, 3.05) is 6.26 Å². The molecule has 0 spiro atoms. The van der Waals surface area contributed by atoms with Crippen molar-refractivity contribution in [3.05, 3.63) is 93.9 Å². The summed E-state index contributed by atoms with van der Waals surface area (Å²) in [7, 11) is -3.56. The molecule has 2 aromatic carbocycles. The quantitative estimate of drug-likeness (QED) is 0.317. The Balaban J connectivity index is 1.55. The van der Waals surface area contributed by atoms with Gasteiger partial charge in [-0.25, -0.2) is 18.6 Å². The maximum absolute atomic E-state index is 14.2. The molecule has 5 rings (SSSR count). The van der Waals surface area contributed by atoms with Gasteiger partial charge >= 0.3 is 0 Å². The largest absolute Gasteiger partial charge is 0.461 e. The number of carbonyl (C=O) groups excluding carboxylic acids is 2. The van der Waals surface area contributed by atoms with Gasteiger partial charge in [0.1, 0.15) is 24.7 Å². The van der Waals surface area contributed by atoms with Gasteiger partial charge in [0.2, 0.25) is 10.0 Å². The highest BCUT2D eigenvalue weighted by Gasteiger charge is 2.49. The molecule has 3 aromatic rings. The fourth-order valence-corrected chi connectivity index (χ4v) is 6.85. The Hall–Kier alpha value is -3.22. The van der Waals surface area contributed by atoms with Crippen molar-refractivity contribution in [3.63, 3.8) is 0 Å². The first-order chi connectivity index (χ1) is 19.7. The smallest absolute Gasteiger partial charge is 0.255 e. The summed E-state index contributed by atoms with van der Waals surface area (Å²) in [5.74, 6) is -0.841. The summed E-state index contributed by atoms with van der Waals surface area (Å²) in [5, 5.41) is 9.74. The number of aliphatic hydroxyl groups excluding tert-OH is 1. The third-order valence-corrected chi connectivity index (χ3v) is 8.57. The molecule has 12 heteroatoms. The van der Waals surface area contributed by atoms with Gasteiger partial charge in [-0.1, -0.05) is 54.8 Å². The molecule has 3 N–H and O–H groups in total. The molecule has 2 heterocycles. The predicted molar refractivity (Wildman–Crippen MR) is 151 cm³/mol. The molecule has 4 atom stereocenters. The van der Waals surface area contributed by atoms with E-state index >= 15 is 0 Å². The molecular formula is C29H32ClN3O7S. The maximum atomic E-state index is 14.2.